The highest BCUT2D eigenvalue weighted by Crippen LogP contribution is 2.49. The van der Waals surface area contributed by atoms with E-state index in [0.717, 1.165) is 11.3 Å². The number of hydrogen-bond acceptors (Lipinski definition) is 8. The lowest BCUT2D eigenvalue weighted by Gasteiger charge is -2.55. The molecule has 4 aromatic rings. The van der Waals surface area contributed by atoms with Gasteiger partial charge in [-0.15, -0.1) is 5.10 Å². The molecule has 208 valence electrons. The number of fused-ring (bicyclic) bond motifs is 2. The smallest absolute Gasteiger partial charge is 0.264 e. The number of rotatable bonds is 6. The van der Waals surface area contributed by atoms with Gasteiger partial charge >= 0.3 is 0 Å². The Morgan fingerprint density at radius 3 is 2.58 bits per heavy atom. The van der Waals surface area contributed by atoms with Crippen LogP contribution in [0.5, 0.6) is 0 Å². The Hall–Kier alpha value is -3.81. The van der Waals surface area contributed by atoms with Crippen molar-refractivity contribution in [2.24, 2.45) is 11.1 Å². The molecule has 1 fully saturated rings. The summed E-state index contributed by atoms with van der Waals surface area (Å²) in [5.41, 5.74) is 7.23. The molecule has 13 heteroatoms. The standard InChI is InChI=1S/C27H29FN8O3S/c1-18(2)35-16-24(32-33-35)40(38,39)34-12-10-27(29)14-23-19(15-31-36(23)21-8-6-20(28)7-9-21)13-26(27,17-34)25(37)22-5-3-4-11-30-22/h3-9,11,15-16,18H,10,12-14,17,29H2,1-2H3/t26-,27-/m1/s1. The van der Waals surface area contributed by atoms with Gasteiger partial charge in [-0.3, -0.25) is 9.78 Å². The largest absolute Gasteiger partial charge is 0.324 e. The summed E-state index contributed by atoms with van der Waals surface area (Å²) >= 11 is 0. The van der Waals surface area contributed by atoms with E-state index in [-0.39, 0.29) is 60.7 Å². The van der Waals surface area contributed by atoms with E-state index in [1.807, 2.05) is 13.8 Å². The van der Waals surface area contributed by atoms with E-state index in [2.05, 4.69) is 20.4 Å². The topological polar surface area (TPSA) is 142 Å². The Morgan fingerprint density at radius 1 is 1.12 bits per heavy atom. The van der Waals surface area contributed by atoms with Crippen molar-refractivity contribution < 1.29 is 17.6 Å². The molecule has 2 atom stereocenters. The second-order valence-electron chi connectivity index (χ2n) is 10.9. The molecule has 0 radical (unpaired) electrons. The number of pyridine rings is 1. The SMILES string of the molecule is CC(C)n1cc(S(=O)(=O)N2CC[C@@]3(N)Cc4c(cnn4-c4ccc(F)cc4)C[C@]3(C(=O)c3ccccn3)C2)nn1. The van der Waals surface area contributed by atoms with Gasteiger partial charge < -0.3 is 5.73 Å². The van der Waals surface area contributed by atoms with Gasteiger partial charge in [0.2, 0.25) is 5.03 Å². The average molecular weight is 565 g/mol. The second kappa shape index (κ2) is 9.39. The first-order valence-electron chi connectivity index (χ1n) is 13.0. The first-order chi connectivity index (χ1) is 19.0. The maximum atomic E-state index is 14.3. The summed E-state index contributed by atoms with van der Waals surface area (Å²) in [6.45, 7) is 3.71. The lowest BCUT2D eigenvalue weighted by Crippen LogP contribution is -2.71. The Morgan fingerprint density at radius 2 is 1.90 bits per heavy atom. The monoisotopic (exact) mass is 564 g/mol. The number of carbonyl (C=O) groups excluding carboxylic acids is 1. The fourth-order valence-electron chi connectivity index (χ4n) is 5.85. The maximum absolute atomic E-state index is 14.3. The molecule has 0 saturated carbocycles. The number of carbonyl (C=O) groups is 1. The molecule has 40 heavy (non-hydrogen) atoms. The second-order valence-corrected chi connectivity index (χ2v) is 12.7. The van der Waals surface area contributed by atoms with Crippen LogP contribution in [0.15, 0.2) is 66.1 Å². The van der Waals surface area contributed by atoms with Crippen molar-refractivity contribution in [3.8, 4) is 5.69 Å². The van der Waals surface area contributed by atoms with Crippen molar-refractivity contribution in [1.29, 1.82) is 0 Å². The number of sulfonamides is 1. The molecule has 0 spiro atoms. The molecule has 1 aliphatic carbocycles. The number of piperidine rings is 1. The van der Waals surface area contributed by atoms with Crippen molar-refractivity contribution in [2.45, 2.75) is 49.7 Å². The summed E-state index contributed by atoms with van der Waals surface area (Å²) < 4.78 is 45.6. The van der Waals surface area contributed by atoms with Gasteiger partial charge in [0.15, 0.2) is 5.78 Å². The summed E-state index contributed by atoms with van der Waals surface area (Å²) in [5, 5.41) is 12.3. The number of hydrogen-bond donors (Lipinski definition) is 1. The lowest BCUT2D eigenvalue weighted by atomic mass is 9.55. The first kappa shape index (κ1) is 26.4. The van der Waals surface area contributed by atoms with Crippen LogP contribution in [0.4, 0.5) is 4.39 Å². The summed E-state index contributed by atoms with van der Waals surface area (Å²) in [4.78, 5) is 18.6. The van der Waals surface area contributed by atoms with Gasteiger partial charge in [-0.2, -0.15) is 9.40 Å². The summed E-state index contributed by atoms with van der Waals surface area (Å²) in [7, 11) is -4.07. The van der Waals surface area contributed by atoms with Crippen LogP contribution >= 0.6 is 0 Å². The first-order valence-corrected chi connectivity index (χ1v) is 14.5. The molecule has 3 aromatic heterocycles. The van der Waals surface area contributed by atoms with Gasteiger partial charge in [0, 0.05) is 43.0 Å². The highest BCUT2D eigenvalue weighted by atomic mass is 32.2. The van der Waals surface area contributed by atoms with Crippen LogP contribution in [0.3, 0.4) is 0 Å². The normalized spacial score (nSPS) is 23.1. The maximum Gasteiger partial charge on any atom is 0.264 e. The van der Waals surface area contributed by atoms with Crippen LogP contribution in [0, 0.1) is 11.2 Å². The number of benzene rings is 1. The predicted octanol–water partition coefficient (Wildman–Crippen LogP) is 2.34. The summed E-state index contributed by atoms with van der Waals surface area (Å²) in [5.74, 6) is -0.677. The average Bonchev–Trinajstić information content (AvgIpc) is 3.60. The Balaban J connectivity index is 1.44. The van der Waals surface area contributed by atoms with E-state index in [0.29, 0.717) is 5.69 Å². The van der Waals surface area contributed by atoms with E-state index in [1.165, 1.54) is 33.5 Å². The van der Waals surface area contributed by atoms with Crippen molar-refractivity contribution in [3.05, 3.63) is 83.8 Å². The van der Waals surface area contributed by atoms with E-state index < -0.39 is 21.0 Å². The lowest BCUT2D eigenvalue weighted by molar-refractivity contribution is 0.0257. The summed E-state index contributed by atoms with van der Waals surface area (Å²) in [6, 6.07) is 11.0. The Bertz CT molecular complexity index is 1690. The van der Waals surface area contributed by atoms with Gasteiger partial charge in [0.05, 0.1) is 23.5 Å². The molecule has 6 rings (SSSR count). The van der Waals surface area contributed by atoms with Crippen LogP contribution in [-0.2, 0) is 22.9 Å². The minimum absolute atomic E-state index is 0.0685. The number of nitrogens with zero attached hydrogens (tertiary/aromatic N) is 7. The summed E-state index contributed by atoms with van der Waals surface area (Å²) in [6.07, 6.45) is 5.27. The van der Waals surface area contributed by atoms with Gasteiger partial charge in [-0.1, -0.05) is 11.3 Å². The third-order valence-corrected chi connectivity index (χ3v) is 9.87. The minimum Gasteiger partial charge on any atom is -0.324 e. The zero-order valence-electron chi connectivity index (χ0n) is 22.1. The Labute approximate surface area is 230 Å². The molecular formula is C27H29FN8O3S. The highest BCUT2D eigenvalue weighted by Gasteiger charge is 2.61. The fourth-order valence-corrected chi connectivity index (χ4v) is 7.22. The number of Topliss-reactive ketones (excluding diaryl/α,β-unsaturated/α-hetero) is 1. The minimum atomic E-state index is -4.07. The number of halogens is 1. The molecule has 2 aliphatic rings. The highest BCUT2D eigenvalue weighted by molar-refractivity contribution is 7.89. The molecule has 0 unspecified atom stereocenters. The van der Waals surface area contributed by atoms with Crippen molar-refractivity contribution >= 4 is 15.8 Å². The predicted molar refractivity (Wildman–Crippen MR) is 143 cm³/mol. The van der Waals surface area contributed by atoms with Crippen LogP contribution in [0.2, 0.25) is 0 Å². The van der Waals surface area contributed by atoms with Gasteiger partial charge in [-0.05, 0) is 68.7 Å². The van der Waals surface area contributed by atoms with Crippen molar-refractivity contribution in [2.75, 3.05) is 13.1 Å². The van der Waals surface area contributed by atoms with Crippen LogP contribution in [0.25, 0.3) is 5.69 Å². The number of ketones is 1. The Kier molecular flexibility index (Phi) is 6.20. The quantitative estimate of drug-likeness (QED) is 0.352. The van der Waals surface area contributed by atoms with E-state index in [4.69, 9.17) is 5.73 Å². The van der Waals surface area contributed by atoms with Crippen molar-refractivity contribution in [1.82, 2.24) is 34.1 Å². The molecule has 2 N–H and O–H groups in total. The zero-order valence-corrected chi connectivity index (χ0v) is 22.9. The molecule has 1 saturated heterocycles. The van der Waals surface area contributed by atoms with Gasteiger partial charge in [-0.25, -0.2) is 22.2 Å². The van der Waals surface area contributed by atoms with Gasteiger partial charge in [0.1, 0.15) is 11.5 Å². The number of aromatic nitrogens is 6. The molecule has 0 bridgehead atoms. The van der Waals surface area contributed by atoms with E-state index in [1.54, 1.807) is 41.2 Å². The molecule has 4 heterocycles. The fraction of sp³-hybridized carbons (Fsp3) is 0.370. The van der Waals surface area contributed by atoms with Gasteiger partial charge in [0.25, 0.3) is 10.0 Å². The third-order valence-electron chi connectivity index (χ3n) is 8.16. The third kappa shape index (κ3) is 4.07. The van der Waals surface area contributed by atoms with E-state index >= 15 is 0 Å². The number of nitrogens with two attached hydrogens (primary N) is 1. The van der Waals surface area contributed by atoms with Crippen LogP contribution in [-0.4, -0.2) is 66.9 Å². The molecule has 1 aliphatic heterocycles. The van der Waals surface area contributed by atoms with Crippen LogP contribution in [0.1, 0.15) is 48.1 Å². The molecule has 1 aromatic carbocycles. The molecule has 0 amide bonds. The molecule has 11 nitrogen and oxygen atoms in total. The van der Waals surface area contributed by atoms with Crippen LogP contribution < -0.4 is 5.73 Å². The van der Waals surface area contributed by atoms with Crippen molar-refractivity contribution in [3.63, 3.8) is 0 Å². The zero-order chi connectivity index (χ0) is 28.3. The van der Waals surface area contributed by atoms with E-state index in [9.17, 15) is 17.6 Å². The molecular weight excluding hydrogens is 535 g/mol.